The van der Waals surface area contributed by atoms with E-state index in [2.05, 4.69) is 4.98 Å². The van der Waals surface area contributed by atoms with Crippen LogP contribution in [0.3, 0.4) is 0 Å². The Kier molecular flexibility index (Phi) is 3.86. The number of benzene rings is 2. The summed E-state index contributed by atoms with van der Waals surface area (Å²) in [5, 5.41) is 1.17. The second-order valence-electron chi connectivity index (χ2n) is 4.95. The number of hydrogen-bond donors (Lipinski definition) is 1. The van der Waals surface area contributed by atoms with Crippen molar-refractivity contribution in [2.45, 2.75) is 12.5 Å². The summed E-state index contributed by atoms with van der Waals surface area (Å²) in [6, 6.07) is 16.1. The van der Waals surface area contributed by atoms with Gasteiger partial charge in [0.1, 0.15) is 5.82 Å². The molecule has 0 amide bonds. The molecule has 0 aliphatic carbocycles. The predicted octanol–water partition coefficient (Wildman–Crippen LogP) is 4.27. The van der Waals surface area contributed by atoms with E-state index in [0.717, 1.165) is 16.6 Å². The summed E-state index contributed by atoms with van der Waals surface area (Å²) in [5.41, 5.74) is 8.54. The third-order valence-electron chi connectivity index (χ3n) is 3.47. The minimum atomic E-state index is -0.448. The van der Waals surface area contributed by atoms with Gasteiger partial charge >= 0.3 is 0 Å². The number of fused-ring (bicyclic) bond motifs is 1. The summed E-state index contributed by atoms with van der Waals surface area (Å²) < 4.78 is 13.5. The maximum Gasteiger partial charge on any atom is 0.142 e. The van der Waals surface area contributed by atoms with Crippen LogP contribution in [0.5, 0.6) is 0 Å². The molecule has 0 aliphatic heterocycles. The van der Waals surface area contributed by atoms with Crippen molar-refractivity contribution in [3.8, 4) is 0 Å². The summed E-state index contributed by atoms with van der Waals surface area (Å²) in [6.45, 7) is 0. The molecule has 2 N–H and O–H groups in total. The topological polar surface area (TPSA) is 38.9 Å². The molecular weight excluding hydrogens is 287 g/mol. The van der Waals surface area contributed by atoms with Crippen molar-refractivity contribution in [3.63, 3.8) is 0 Å². The Morgan fingerprint density at radius 3 is 2.71 bits per heavy atom. The van der Waals surface area contributed by atoms with Gasteiger partial charge < -0.3 is 5.73 Å². The quantitative estimate of drug-likeness (QED) is 0.784. The highest BCUT2D eigenvalue weighted by Crippen LogP contribution is 2.26. The largest absolute Gasteiger partial charge is 0.324 e. The summed E-state index contributed by atoms with van der Waals surface area (Å²) >= 11 is 5.97. The van der Waals surface area contributed by atoms with E-state index in [-0.39, 0.29) is 11.1 Å². The molecule has 0 fully saturated rings. The highest BCUT2D eigenvalue weighted by atomic mass is 35.5. The van der Waals surface area contributed by atoms with E-state index in [0.29, 0.717) is 12.0 Å². The molecule has 106 valence electrons. The molecule has 1 aromatic heterocycles. The van der Waals surface area contributed by atoms with E-state index in [1.54, 1.807) is 12.1 Å². The summed E-state index contributed by atoms with van der Waals surface area (Å²) in [4.78, 5) is 4.58. The van der Waals surface area contributed by atoms with Crippen LogP contribution in [0.25, 0.3) is 10.9 Å². The van der Waals surface area contributed by atoms with Gasteiger partial charge in [0, 0.05) is 23.5 Å². The molecule has 0 saturated carbocycles. The molecule has 4 heteroatoms. The van der Waals surface area contributed by atoms with Crippen LogP contribution >= 0.6 is 11.6 Å². The fourth-order valence-electron chi connectivity index (χ4n) is 2.36. The third kappa shape index (κ3) is 2.89. The molecule has 1 unspecified atom stereocenters. The van der Waals surface area contributed by atoms with Crippen molar-refractivity contribution in [1.29, 1.82) is 0 Å². The fourth-order valence-corrected chi connectivity index (χ4v) is 2.63. The van der Waals surface area contributed by atoms with Crippen LogP contribution in [0.15, 0.2) is 54.6 Å². The normalized spacial score (nSPS) is 12.5. The van der Waals surface area contributed by atoms with Gasteiger partial charge in [0.15, 0.2) is 0 Å². The molecule has 0 bridgehead atoms. The molecule has 2 aromatic carbocycles. The third-order valence-corrected chi connectivity index (χ3v) is 3.86. The Labute approximate surface area is 127 Å². The molecular formula is C17H14ClFN2. The zero-order valence-corrected chi connectivity index (χ0v) is 12.0. The van der Waals surface area contributed by atoms with Gasteiger partial charge in [-0.1, -0.05) is 48.0 Å². The number of halogens is 2. The van der Waals surface area contributed by atoms with Crippen molar-refractivity contribution >= 4 is 22.5 Å². The van der Waals surface area contributed by atoms with Gasteiger partial charge in [0.2, 0.25) is 0 Å². The lowest BCUT2D eigenvalue weighted by Gasteiger charge is -2.14. The number of hydrogen-bond acceptors (Lipinski definition) is 2. The standard InChI is InChI=1S/C17H14ClFN2/c18-17-13(5-3-6-14(17)19)15(20)10-12-9-8-11-4-1-2-7-16(11)21-12/h1-9,15H,10,20H2. The number of pyridine rings is 1. The molecule has 2 nitrogen and oxygen atoms in total. The highest BCUT2D eigenvalue weighted by molar-refractivity contribution is 6.31. The van der Waals surface area contributed by atoms with Gasteiger partial charge in [0.25, 0.3) is 0 Å². The van der Waals surface area contributed by atoms with Crippen LogP contribution in [0.2, 0.25) is 5.02 Å². The molecule has 1 heterocycles. The zero-order valence-electron chi connectivity index (χ0n) is 11.3. The van der Waals surface area contributed by atoms with Crippen molar-refractivity contribution in [2.24, 2.45) is 5.73 Å². The van der Waals surface area contributed by atoms with Gasteiger partial charge in [-0.25, -0.2) is 4.39 Å². The summed E-state index contributed by atoms with van der Waals surface area (Å²) in [7, 11) is 0. The average molecular weight is 301 g/mol. The van der Waals surface area contributed by atoms with Crippen LogP contribution < -0.4 is 5.73 Å². The Hall–Kier alpha value is -1.97. The Balaban J connectivity index is 1.89. The van der Waals surface area contributed by atoms with E-state index in [4.69, 9.17) is 17.3 Å². The highest BCUT2D eigenvalue weighted by Gasteiger charge is 2.14. The lowest BCUT2D eigenvalue weighted by molar-refractivity contribution is 0.618. The van der Waals surface area contributed by atoms with Gasteiger partial charge in [0.05, 0.1) is 10.5 Å². The van der Waals surface area contributed by atoms with E-state index >= 15 is 0 Å². The minimum absolute atomic E-state index is 0.0887. The minimum Gasteiger partial charge on any atom is -0.324 e. The molecule has 0 radical (unpaired) electrons. The molecule has 0 aliphatic rings. The van der Waals surface area contributed by atoms with Crippen LogP contribution in [0.4, 0.5) is 4.39 Å². The number of nitrogens with two attached hydrogens (primary N) is 1. The van der Waals surface area contributed by atoms with Crippen LogP contribution in [-0.4, -0.2) is 4.98 Å². The van der Waals surface area contributed by atoms with E-state index in [1.807, 2.05) is 36.4 Å². The molecule has 0 spiro atoms. The molecule has 3 aromatic rings. The Bertz CT molecular complexity index is 789. The first-order valence-corrected chi connectivity index (χ1v) is 7.07. The van der Waals surface area contributed by atoms with Crippen molar-refractivity contribution in [1.82, 2.24) is 4.98 Å². The van der Waals surface area contributed by atoms with Crippen molar-refractivity contribution < 1.29 is 4.39 Å². The van der Waals surface area contributed by atoms with Crippen LogP contribution in [0, 0.1) is 5.82 Å². The molecule has 0 saturated heterocycles. The zero-order chi connectivity index (χ0) is 14.8. The Morgan fingerprint density at radius 1 is 1.05 bits per heavy atom. The Morgan fingerprint density at radius 2 is 1.86 bits per heavy atom. The van der Waals surface area contributed by atoms with Gasteiger partial charge in [-0.2, -0.15) is 0 Å². The molecule has 3 rings (SSSR count). The maximum atomic E-state index is 13.5. The van der Waals surface area contributed by atoms with Crippen LogP contribution in [-0.2, 0) is 6.42 Å². The number of para-hydroxylation sites is 1. The van der Waals surface area contributed by atoms with E-state index < -0.39 is 5.82 Å². The summed E-state index contributed by atoms with van der Waals surface area (Å²) in [5.74, 6) is -0.448. The number of nitrogens with zero attached hydrogens (tertiary/aromatic N) is 1. The van der Waals surface area contributed by atoms with Gasteiger partial charge in [-0.15, -0.1) is 0 Å². The van der Waals surface area contributed by atoms with Gasteiger partial charge in [-0.3, -0.25) is 4.98 Å². The van der Waals surface area contributed by atoms with Gasteiger partial charge in [-0.05, 0) is 23.8 Å². The first-order chi connectivity index (χ1) is 10.1. The van der Waals surface area contributed by atoms with Crippen molar-refractivity contribution in [3.05, 3.63) is 76.7 Å². The van der Waals surface area contributed by atoms with E-state index in [9.17, 15) is 4.39 Å². The monoisotopic (exact) mass is 300 g/mol. The predicted molar refractivity (Wildman–Crippen MR) is 83.8 cm³/mol. The average Bonchev–Trinajstić information content (AvgIpc) is 2.50. The fraction of sp³-hybridized carbons (Fsp3) is 0.118. The smallest absolute Gasteiger partial charge is 0.142 e. The maximum absolute atomic E-state index is 13.5. The SMILES string of the molecule is NC(Cc1ccc2ccccc2n1)c1cccc(F)c1Cl. The van der Waals surface area contributed by atoms with Crippen molar-refractivity contribution in [2.75, 3.05) is 0 Å². The molecule has 21 heavy (non-hydrogen) atoms. The van der Waals surface area contributed by atoms with Crippen LogP contribution in [0.1, 0.15) is 17.3 Å². The number of rotatable bonds is 3. The van der Waals surface area contributed by atoms with E-state index in [1.165, 1.54) is 6.07 Å². The first-order valence-electron chi connectivity index (χ1n) is 6.69. The summed E-state index contributed by atoms with van der Waals surface area (Å²) in [6.07, 6.45) is 0.508. The lowest BCUT2D eigenvalue weighted by atomic mass is 10.0. The molecule has 1 atom stereocenters. The number of aromatic nitrogens is 1. The first kappa shape index (κ1) is 14.0. The lowest BCUT2D eigenvalue weighted by Crippen LogP contribution is -2.15. The second-order valence-corrected chi connectivity index (χ2v) is 5.33. The second kappa shape index (κ2) is 5.80.